The van der Waals surface area contributed by atoms with Crippen molar-refractivity contribution in [1.29, 1.82) is 0 Å². The third kappa shape index (κ3) is 2.65. The zero-order valence-electron chi connectivity index (χ0n) is 14.1. The van der Waals surface area contributed by atoms with Crippen molar-refractivity contribution in [3.63, 3.8) is 0 Å². The number of anilines is 2. The van der Waals surface area contributed by atoms with Crippen molar-refractivity contribution in [3.8, 4) is 5.88 Å². The molecule has 3 aromatic heterocycles. The van der Waals surface area contributed by atoms with Crippen LogP contribution in [0, 0.1) is 0 Å². The van der Waals surface area contributed by atoms with Gasteiger partial charge in [0.25, 0.3) is 0 Å². The van der Waals surface area contributed by atoms with Gasteiger partial charge in [0.1, 0.15) is 12.1 Å². The number of hydrogen-bond donors (Lipinski definition) is 0. The Balaban J connectivity index is 1.58. The molecule has 3 aromatic rings. The summed E-state index contributed by atoms with van der Waals surface area (Å²) >= 11 is 0. The van der Waals surface area contributed by atoms with Crippen LogP contribution in [-0.2, 0) is 11.8 Å². The molecule has 0 saturated carbocycles. The Hall–Kier alpha value is -3.16. The Bertz CT molecular complexity index is 938. The average Bonchev–Trinajstić information content (AvgIpc) is 2.99. The Kier molecular flexibility index (Phi) is 3.72. The normalized spacial score (nSPS) is 15.0. The maximum atomic E-state index is 12.7. The standard InChI is InChI=1S/C17H18N6O2/c1-21-16-13(4-3-6-19-16)20-17(21)22-8-9-23(15(24)11-22)12-5-7-18-14(10-12)25-2/h3-7,10H,8-9,11H2,1-2H3. The molecule has 1 fully saturated rings. The lowest BCUT2D eigenvalue weighted by Crippen LogP contribution is -2.51. The van der Waals surface area contributed by atoms with Gasteiger partial charge in [-0.25, -0.2) is 15.0 Å². The summed E-state index contributed by atoms with van der Waals surface area (Å²) in [5.41, 5.74) is 2.43. The first-order valence-electron chi connectivity index (χ1n) is 8.00. The summed E-state index contributed by atoms with van der Waals surface area (Å²) < 4.78 is 7.07. The average molecular weight is 338 g/mol. The maximum absolute atomic E-state index is 12.7. The van der Waals surface area contributed by atoms with Gasteiger partial charge in [-0.05, 0) is 18.2 Å². The molecule has 4 rings (SSSR count). The Morgan fingerprint density at radius 3 is 2.80 bits per heavy atom. The lowest BCUT2D eigenvalue weighted by molar-refractivity contribution is -0.117. The van der Waals surface area contributed by atoms with Crippen LogP contribution in [0.25, 0.3) is 11.2 Å². The van der Waals surface area contributed by atoms with Crippen molar-refractivity contribution in [2.45, 2.75) is 0 Å². The highest BCUT2D eigenvalue weighted by Gasteiger charge is 2.28. The van der Waals surface area contributed by atoms with E-state index in [1.165, 1.54) is 0 Å². The Morgan fingerprint density at radius 1 is 1.16 bits per heavy atom. The molecular formula is C17H18N6O2. The van der Waals surface area contributed by atoms with Gasteiger partial charge in [-0.2, -0.15) is 0 Å². The third-order valence-electron chi connectivity index (χ3n) is 4.35. The van der Waals surface area contributed by atoms with Crippen LogP contribution >= 0.6 is 0 Å². The van der Waals surface area contributed by atoms with Crippen molar-refractivity contribution < 1.29 is 9.53 Å². The number of nitrogens with zero attached hydrogens (tertiary/aromatic N) is 6. The van der Waals surface area contributed by atoms with E-state index in [1.807, 2.05) is 34.7 Å². The van der Waals surface area contributed by atoms with Crippen molar-refractivity contribution in [1.82, 2.24) is 19.5 Å². The highest BCUT2D eigenvalue weighted by molar-refractivity contribution is 5.97. The van der Waals surface area contributed by atoms with Crippen LogP contribution in [-0.4, -0.2) is 52.2 Å². The largest absolute Gasteiger partial charge is 0.481 e. The van der Waals surface area contributed by atoms with Gasteiger partial charge in [-0.3, -0.25) is 9.36 Å². The van der Waals surface area contributed by atoms with Gasteiger partial charge in [0, 0.05) is 38.6 Å². The van der Waals surface area contributed by atoms with Gasteiger partial charge in [0.2, 0.25) is 17.7 Å². The number of aryl methyl sites for hydroxylation is 1. The van der Waals surface area contributed by atoms with Crippen LogP contribution in [0.3, 0.4) is 0 Å². The van der Waals surface area contributed by atoms with Crippen molar-refractivity contribution >= 4 is 28.7 Å². The number of hydrogen-bond acceptors (Lipinski definition) is 6. The van der Waals surface area contributed by atoms with Crippen LogP contribution < -0.4 is 14.5 Å². The van der Waals surface area contributed by atoms with Crippen molar-refractivity contribution in [2.75, 3.05) is 36.5 Å². The molecule has 1 amide bonds. The molecule has 0 N–H and O–H groups in total. The SMILES string of the molecule is COc1cc(N2CCN(c3nc4cccnc4n3C)CC2=O)ccn1. The van der Waals surface area contributed by atoms with E-state index < -0.39 is 0 Å². The monoisotopic (exact) mass is 338 g/mol. The molecule has 25 heavy (non-hydrogen) atoms. The third-order valence-corrected chi connectivity index (χ3v) is 4.35. The number of amides is 1. The van der Waals surface area contributed by atoms with E-state index in [0.29, 0.717) is 19.0 Å². The summed E-state index contributed by atoms with van der Waals surface area (Å²) in [5.74, 6) is 1.27. The summed E-state index contributed by atoms with van der Waals surface area (Å²) in [6.07, 6.45) is 3.39. The van der Waals surface area contributed by atoms with E-state index >= 15 is 0 Å². The van der Waals surface area contributed by atoms with E-state index in [1.54, 1.807) is 30.5 Å². The molecule has 0 atom stereocenters. The molecule has 1 aliphatic heterocycles. The molecule has 0 aliphatic carbocycles. The molecule has 0 radical (unpaired) electrons. The molecular weight excluding hydrogens is 320 g/mol. The van der Waals surface area contributed by atoms with E-state index in [2.05, 4.69) is 15.0 Å². The zero-order valence-corrected chi connectivity index (χ0v) is 14.1. The topological polar surface area (TPSA) is 76.4 Å². The fourth-order valence-corrected chi connectivity index (χ4v) is 3.09. The second kappa shape index (κ2) is 6.04. The van der Waals surface area contributed by atoms with Crippen LogP contribution in [0.2, 0.25) is 0 Å². The molecule has 1 saturated heterocycles. The van der Waals surface area contributed by atoms with Crippen molar-refractivity contribution in [2.24, 2.45) is 7.05 Å². The number of imidazole rings is 1. The second-order valence-corrected chi connectivity index (χ2v) is 5.84. The summed E-state index contributed by atoms with van der Waals surface area (Å²) in [7, 11) is 3.48. The lowest BCUT2D eigenvalue weighted by atomic mass is 10.2. The molecule has 0 bridgehead atoms. The number of carbonyl (C=O) groups excluding carboxylic acids is 1. The minimum Gasteiger partial charge on any atom is -0.481 e. The lowest BCUT2D eigenvalue weighted by Gasteiger charge is -2.34. The molecule has 0 spiro atoms. The number of fused-ring (bicyclic) bond motifs is 1. The highest BCUT2D eigenvalue weighted by Crippen LogP contribution is 2.24. The summed E-state index contributed by atoms with van der Waals surface area (Å²) in [5, 5.41) is 0. The minimum atomic E-state index is 0.0134. The number of carbonyl (C=O) groups is 1. The van der Waals surface area contributed by atoms with E-state index in [9.17, 15) is 4.79 Å². The van der Waals surface area contributed by atoms with Gasteiger partial charge in [-0.1, -0.05) is 0 Å². The first-order valence-corrected chi connectivity index (χ1v) is 8.00. The number of piperazine rings is 1. The number of aromatic nitrogens is 4. The highest BCUT2D eigenvalue weighted by atomic mass is 16.5. The van der Waals surface area contributed by atoms with E-state index in [4.69, 9.17) is 4.74 Å². The molecule has 0 unspecified atom stereocenters. The van der Waals surface area contributed by atoms with Gasteiger partial charge in [0.15, 0.2) is 5.65 Å². The van der Waals surface area contributed by atoms with Crippen LogP contribution in [0.4, 0.5) is 11.6 Å². The smallest absolute Gasteiger partial charge is 0.246 e. The van der Waals surface area contributed by atoms with E-state index in [0.717, 1.165) is 22.8 Å². The van der Waals surface area contributed by atoms with Gasteiger partial charge in [0.05, 0.1) is 12.8 Å². The predicted molar refractivity (Wildman–Crippen MR) is 93.9 cm³/mol. The number of pyridine rings is 2. The first kappa shape index (κ1) is 15.4. The van der Waals surface area contributed by atoms with E-state index in [-0.39, 0.29) is 12.5 Å². The fraction of sp³-hybridized carbons (Fsp3) is 0.294. The molecule has 8 nitrogen and oxygen atoms in total. The summed E-state index contributed by atoms with van der Waals surface area (Å²) in [4.78, 5) is 29.5. The van der Waals surface area contributed by atoms with Gasteiger partial charge >= 0.3 is 0 Å². The van der Waals surface area contributed by atoms with Crippen molar-refractivity contribution in [3.05, 3.63) is 36.7 Å². The molecule has 128 valence electrons. The number of methoxy groups -OCH3 is 1. The zero-order chi connectivity index (χ0) is 17.4. The number of rotatable bonds is 3. The molecule has 1 aliphatic rings. The Morgan fingerprint density at radius 2 is 2.04 bits per heavy atom. The predicted octanol–water partition coefficient (Wildman–Crippen LogP) is 1.23. The molecule has 4 heterocycles. The minimum absolute atomic E-state index is 0.0134. The maximum Gasteiger partial charge on any atom is 0.246 e. The Labute approximate surface area is 144 Å². The van der Waals surface area contributed by atoms with Crippen LogP contribution in [0.15, 0.2) is 36.7 Å². The van der Waals surface area contributed by atoms with Gasteiger partial charge in [-0.15, -0.1) is 0 Å². The van der Waals surface area contributed by atoms with Crippen LogP contribution in [0.5, 0.6) is 5.88 Å². The molecule has 8 heteroatoms. The second-order valence-electron chi connectivity index (χ2n) is 5.84. The quantitative estimate of drug-likeness (QED) is 0.715. The fourth-order valence-electron chi connectivity index (χ4n) is 3.09. The number of ether oxygens (including phenoxy) is 1. The van der Waals surface area contributed by atoms with Gasteiger partial charge < -0.3 is 14.5 Å². The molecule has 0 aromatic carbocycles. The first-order chi connectivity index (χ1) is 12.2. The van der Waals surface area contributed by atoms with Crippen LogP contribution in [0.1, 0.15) is 0 Å². The summed E-state index contributed by atoms with van der Waals surface area (Å²) in [6, 6.07) is 7.37. The summed E-state index contributed by atoms with van der Waals surface area (Å²) in [6.45, 7) is 1.53.